The average molecular weight is 419 g/mol. The number of guanidine groups is 1. The topological polar surface area (TPSA) is 131 Å². The number of unbranched alkanes of at least 4 members (excludes halogenated alkanes) is 5. The second kappa shape index (κ2) is 12.7. The zero-order valence-corrected chi connectivity index (χ0v) is 17.6. The van der Waals surface area contributed by atoms with E-state index in [1.807, 2.05) is 12.1 Å². The third-order valence-corrected chi connectivity index (χ3v) is 5.18. The van der Waals surface area contributed by atoms with Crippen LogP contribution in [0.3, 0.4) is 0 Å². The molecule has 0 aliphatic carbocycles. The maximum absolute atomic E-state index is 12.8. The Labute approximate surface area is 178 Å². The highest BCUT2D eigenvalue weighted by Gasteiger charge is 2.23. The summed E-state index contributed by atoms with van der Waals surface area (Å²) in [5.41, 5.74) is 12.2. The number of rotatable bonds is 13. The van der Waals surface area contributed by atoms with E-state index in [0.717, 1.165) is 56.9 Å². The third-order valence-electron chi connectivity index (χ3n) is 5.18. The second-order valence-electron chi connectivity index (χ2n) is 7.63. The smallest absolute Gasteiger partial charge is 0.305 e. The molecular weight excluding hydrogens is 384 g/mol. The standard InChI is InChI=1S/C22H34N4O4/c23-22(24)25-12-5-3-1-2-4-6-15-30-18-10-9-17-8-7-13-26(14-11-20(27)28)21(29)19(17)16-18/h9-10,16H,1-8,11-15H2,(H,27,28)(H4,23,24,25). The van der Waals surface area contributed by atoms with Crippen LogP contribution in [0.15, 0.2) is 23.2 Å². The number of aliphatic imine (C=N–C) groups is 1. The lowest BCUT2D eigenvalue weighted by atomic mass is 10.0. The van der Waals surface area contributed by atoms with Crippen molar-refractivity contribution in [2.75, 3.05) is 26.2 Å². The van der Waals surface area contributed by atoms with Crippen molar-refractivity contribution < 1.29 is 19.4 Å². The van der Waals surface area contributed by atoms with Crippen molar-refractivity contribution in [1.82, 2.24) is 4.90 Å². The lowest BCUT2D eigenvalue weighted by molar-refractivity contribution is -0.137. The van der Waals surface area contributed by atoms with Crippen LogP contribution in [0.25, 0.3) is 0 Å². The Kier molecular flexibility index (Phi) is 9.97. The molecule has 8 nitrogen and oxygen atoms in total. The number of hydrogen-bond donors (Lipinski definition) is 3. The van der Waals surface area contributed by atoms with Gasteiger partial charge in [-0.1, -0.05) is 31.7 Å². The van der Waals surface area contributed by atoms with E-state index in [4.69, 9.17) is 21.3 Å². The SMILES string of the molecule is NC(N)=NCCCCCCCCOc1ccc2c(c1)C(=O)N(CCC(=O)O)CCC2. The number of carboxylic acids is 1. The number of benzene rings is 1. The van der Waals surface area contributed by atoms with Gasteiger partial charge in [-0.3, -0.25) is 14.6 Å². The van der Waals surface area contributed by atoms with Crippen molar-refractivity contribution in [2.24, 2.45) is 16.5 Å². The maximum atomic E-state index is 12.8. The first-order chi connectivity index (χ1) is 14.5. The average Bonchev–Trinajstić information content (AvgIpc) is 2.86. The normalized spacial score (nSPS) is 13.5. The number of carboxylic acid groups (broad SMARTS) is 1. The van der Waals surface area contributed by atoms with Crippen LogP contribution in [0.2, 0.25) is 0 Å². The number of carbonyl (C=O) groups excluding carboxylic acids is 1. The van der Waals surface area contributed by atoms with Gasteiger partial charge < -0.3 is 26.2 Å². The number of ether oxygens (including phenoxy) is 1. The van der Waals surface area contributed by atoms with Crippen LogP contribution in [0.5, 0.6) is 5.75 Å². The molecule has 0 unspecified atom stereocenters. The fourth-order valence-corrected chi connectivity index (χ4v) is 3.56. The van der Waals surface area contributed by atoms with Crippen molar-refractivity contribution in [3.05, 3.63) is 29.3 Å². The van der Waals surface area contributed by atoms with E-state index in [9.17, 15) is 9.59 Å². The molecule has 1 amide bonds. The summed E-state index contributed by atoms with van der Waals surface area (Å²) in [6.07, 6.45) is 8.08. The van der Waals surface area contributed by atoms with E-state index in [-0.39, 0.29) is 24.8 Å². The van der Waals surface area contributed by atoms with Crippen molar-refractivity contribution in [3.8, 4) is 5.75 Å². The Morgan fingerprint density at radius 1 is 1.13 bits per heavy atom. The van der Waals surface area contributed by atoms with Gasteiger partial charge in [-0.05, 0) is 43.4 Å². The minimum absolute atomic E-state index is 0.0362. The number of hydrogen-bond acceptors (Lipinski definition) is 4. The van der Waals surface area contributed by atoms with Gasteiger partial charge in [0.2, 0.25) is 0 Å². The Hall–Kier alpha value is -2.77. The fourth-order valence-electron chi connectivity index (χ4n) is 3.56. The van der Waals surface area contributed by atoms with Gasteiger partial charge in [0.15, 0.2) is 5.96 Å². The van der Waals surface area contributed by atoms with E-state index in [2.05, 4.69) is 4.99 Å². The van der Waals surface area contributed by atoms with Crippen LogP contribution < -0.4 is 16.2 Å². The summed E-state index contributed by atoms with van der Waals surface area (Å²) in [6, 6.07) is 5.68. The first-order valence-corrected chi connectivity index (χ1v) is 10.8. The molecule has 8 heteroatoms. The summed E-state index contributed by atoms with van der Waals surface area (Å²) < 4.78 is 5.86. The predicted molar refractivity (Wildman–Crippen MR) is 117 cm³/mol. The minimum atomic E-state index is -0.891. The summed E-state index contributed by atoms with van der Waals surface area (Å²) in [5, 5.41) is 8.90. The van der Waals surface area contributed by atoms with E-state index in [1.165, 1.54) is 0 Å². The van der Waals surface area contributed by atoms with Gasteiger partial charge in [-0.25, -0.2) is 0 Å². The number of aliphatic carboxylic acids is 1. The summed E-state index contributed by atoms with van der Waals surface area (Å²) in [5.74, 6) is -0.146. The summed E-state index contributed by atoms with van der Waals surface area (Å²) >= 11 is 0. The molecule has 30 heavy (non-hydrogen) atoms. The lowest BCUT2D eigenvalue weighted by Gasteiger charge is -2.20. The molecule has 0 radical (unpaired) electrons. The second-order valence-corrected chi connectivity index (χ2v) is 7.63. The summed E-state index contributed by atoms with van der Waals surface area (Å²) in [4.78, 5) is 29.3. The number of nitrogens with two attached hydrogens (primary N) is 2. The van der Waals surface area contributed by atoms with Gasteiger partial charge in [0.1, 0.15) is 5.75 Å². The molecule has 0 spiro atoms. The molecule has 0 saturated heterocycles. The van der Waals surface area contributed by atoms with Gasteiger partial charge in [0.05, 0.1) is 13.0 Å². The van der Waals surface area contributed by atoms with Crippen LogP contribution in [-0.2, 0) is 11.2 Å². The van der Waals surface area contributed by atoms with Gasteiger partial charge in [0, 0.05) is 25.2 Å². The Morgan fingerprint density at radius 2 is 1.87 bits per heavy atom. The molecule has 166 valence electrons. The number of amides is 1. The van der Waals surface area contributed by atoms with Crippen LogP contribution in [0.4, 0.5) is 0 Å². The third kappa shape index (κ3) is 8.31. The first kappa shape index (κ1) is 23.5. The van der Waals surface area contributed by atoms with E-state index in [1.54, 1.807) is 11.0 Å². The molecule has 0 fully saturated rings. The molecule has 1 aromatic rings. The predicted octanol–water partition coefficient (Wildman–Crippen LogP) is 2.54. The maximum Gasteiger partial charge on any atom is 0.305 e. The zero-order chi connectivity index (χ0) is 21.8. The highest BCUT2D eigenvalue weighted by molar-refractivity contribution is 5.96. The van der Waals surface area contributed by atoms with Crippen molar-refractivity contribution in [1.29, 1.82) is 0 Å². The van der Waals surface area contributed by atoms with E-state index in [0.29, 0.717) is 31.0 Å². The molecule has 2 rings (SSSR count). The van der Waals surface area contributed by atoms with Gasteiger partial charge in [-0.15, -0.1) is 0 Å². The summed E-state index contributed by atoms with van der Waals surface area (Å²) in [7, 11) is 0. The van der Waals surface area contributed by atoms with Crippen LogP contribution in [-0.4, -0.2) is 54.1 Å². The molecule has 0 saturated carbocycles. The van der Waals surface area contributed by atoms with Crippen molar-refractivity contribution >= 4 is 17.8 Å². The molecule has 1 aliphatic heterocycles. The number of carbonyl (C=O) groups is 2. The quantitative estimate of drug-likeness (QED) is 0.256. The molecule has 1 aliphatic rings. The minimum Gasteiger partial charge on any atom is -0.494 e. The molecular formula is C22H34N4O4. The van der Waals surface area contributed by atoms with Crippen LogP contribution in [0, 0.1) is 0 Å². The van der Waals surface area contributed by atoms with E-state index < -0.39 is 5.97 Å². The van der Waals surface area contributed by atoms with Gasteiger partial charge in [-0.2, -0.15) is 0 Å². The molecule has 0 bridgehead atoms. The summed E-state index contributed by atoms with van der Waals surface area (Å²) in [6.45, 7) is 2.13. The largest absolute Gasteiger partial charge is 0.494 e. The lowest BCUT2D eigenvalue weighted by Crippen LogP contribution is -2.33. The number of fused-ring (bicyclic) bond motifs is 1. The molecule has 0 aromatic heterocycles. The van der Waals surface area contributed by atoms with Crippen LogP contribution in [0.1, 0.15) is 67.3 Å². The highest BCUT2D eigenvalue weighted by atomic mass is 16.5. The molecule has 0 atom stereocenters. The zero-order valence-electron chi connectivity index (χ0n) is 17.6. The fraction of sp³-hybridized carbons (Fsp3) is 0.591. The Balaban J connectivity index is 1.73. The van der Waals surface area contributed by atoms with Crippen molar-refractivity contribution in [2.45, 2.75) is 57.8 Å². The van der Waals surface area contributed by atoms with Gasteiger partial charge in [0.25, 0.3) is 5.91 Å². The highest BCUT2D eigenvalue weighted by Crippen LogP contribution is 2.24. The van der Waals surface area contributed by atoms with E-state index >= 15 is 0 Å². The van der Waals surface area contributed by atoms with Crippen LogP contribution >= 0.6 is 0 Å². The number of aryl methyl sites for hydroxylation is 1. The Morgan fingerprint density at radius 3 is 2.60 bits per heavy atom. The molecule has 1 aromatic carbocycles. The molecule has 1 heterocycles. The Bertz CT molecular complexity index is 732. The van der Waals surface area contributed by atoms with Crippen molar-refractivity contribution in [3.63, 3.8) is 0 Å². The molecule has 5 N–H and O–H groups in total. The van der Waals surface area contributed by atoms with Gasteiger partial charge >= 0.3 is 5.97 Å². The number of nitrogens with zero attached hydrogens (tertiary/aromatic N) is 2. The monoisotopic (exact) mass is 418 g/mol. The first-order valence-electron chi connectivity index (χ1n) is 10.8.